The van der Waals surface area contributed by atoms with Crippen molar-refractivity contribution in [3.63, 3.8) is 0 Å². The van der Waals surface area contributed by atoms with Crippen LogP contribution in [0.25, 0.3) is 0 Å². The summed E-state index contributed by atoms with van der Waals surface area (Å²) in [5.74, 6) is -0.828. The highest BCUT2D eigenvalue weighted by molar-refractivity contribution is 5.67. The predicted octanol–water partition coefficient (Wildman–Crippen LogP) is 5.07. The summed E-state index contributed by atoms with van der Waals surface area (Å²) in [5, 5.41) is 0. The lowest BCUT2D eigenvalue weighted by atomic mass is 9.92. The fourth-order valence-corrected chi connectivity index (χ4v) is 2.91. The number of hydrogen-bond donors (Lipinski definition) is 0. The molecule has 0 aliphatic rings. The van der Waals surface area contributed by atoms with Crippen molar-refractivity contribution in [2.45, 2.75) is 19.4 Å². The summed E-state index contributed by atoms with van der Waals surface area (Å²) in [6, 6.07) is 24.1. The Bertz CT molecular complexity index is 859. The molecule has 0 amide bonds. The Morgan fingerprint density at radius 2 is 1.48 bits per heavy atom. The minimum atomic E-state index is -0.765. The Kier molecular flexibility index (Phi) is 5.24. The summed E-state index contributed by atoms with van der Waals surface area (Å²) in [5.41, 5.74) is 3.30. The zero-order chi connectivity index (χ0) is 17.6. The summed E-state index contributed by atoms with van der Waals surface area (Å²) >= 11 is 0. The van der Waals surface area contributed by atoms with Gasteiger partial charge in [-0.15, -0.1) is 0 Å². The lowest BCUT2D eigenvalue weighted by molar-refractivity contribution is -0.144. The lowest BCUT2D eigenvalue weighted by Crippen LogP contribution is -2.13. The maximum atomic E-state index is 14.3. The molecule has 2 nitrogen and oxygen atoms in total. The number of carbonyl (C=O) groups excluding carboxylic acids is 1. The van der Waals surface area contributed by atoms with Crippen molar-refractivity contribution in [1.29, 1.82) is 0 Å². The van der Waals surface area contributed by atoms with E-state index in [0.717, 1.165) is 16.7 Å². The van der Waals surface area contributed by atoms with Crippen LogP contribution in [0.4, 0.5) is 4.39 Å². The van der Waals surface area contributed by atoms with Gasteiger partial charge in [0.1, 0.15) is 5.82 Å². The normalized spacial score (nSPS) is 11.8. The maximum Gasteiger partial charge on any atom is 0.303 e. The van der Waals surface area contributed by atoms with Gasteiger partial charge in [-0.1, -0.05) is 72.8 Å². The van der Waals surface area contributed by atoms with E-state index in [2.05, 4.69) is 0 Å². The summed E-state index contributed by atoms with van der Waals surface area (Å²) in [4.78, 5) is 11.6. The van der Waals surface area contributed by atoms with Crippen molar-refractivity contribution < 1.29 is 13.9 Å². The molecule has 0 saturated carbocycles. The number of carbonyl (C=O) groups is 1. The molecular formula is C22H19FO2. The molecule has 3 heteroatoms. The van der Waals surface area contributed by atoms with Gasteiger partial charge in [-0.25, -0.2) is 4.39 Å². The summed E-state index contributed by atoms with van der Waals surface area (Å²) in [6.45, 7) is 1.34. The van der Waals surface area contributed by atoms with E-state index < -0.39 is 12.1 Å². The van der Waals surface area contributed by atoms with Gasteiger partial charge in [0.2, 0.25) is 0 Å². The number of hydrogen-bond acceptors (Lipinski definition) is 2. The highest BCUT2D eigenvalue weighted by Gasteiger charge is 2.23. The van der Waals surface area contributed by atoms with E-state index in [0.29, 0.717) is 12.0 Å². The second-order valence-electron chi connectivity index (χ2n) is 5.87. The molecule has 0 aliphatic carbocycles. The molecule has 1 unspecified atom stereocenters. The van der Waals surface area contributed by atoms with Crippen molar-refractivity contribution >= 4 is 5.97 Å². The molecule has 0 N–H and O–H groups in total. The van der Waals surface area contributed by atoms with Gasteiger partial charge in [-0.05, 0) is 23.6 Å². The standard InChI is InChI=1S/C22H19FO2/c1-16(24)25-22(20-13-7-8-14-21(20)23)19-12-6-5-11-18(19)15-17-9-3-2-4-10-17/h2-14,22H,15H2,1H3. The van der Waals surface area contributed by atoms with E-state index in [-0.39, 0.29) is 5.82 Å². The first-order chi connectivity index (χ1) is 12.1. The molecule has 3 rings (SSSR count). The van der Waals surface area contributed by atoms with Crippen LogP contribution in [0.3, 0.4) is 0 Å². The highest BCUT2D eigenvalue weighted by atomic mass is 19.1. The van der Waals surface area contributed by atoms with E-state index >= 15 is 0 Å². The Labute approximate surface area is 146 Å². The van der Waals surface area contributed by atoms with Gasteiger partial charge in [0.25, 0.3) is 0 Å². The summed E-state index contributed by atoms with van der Waals surface area (Å²) in [7, 11) is 0. The van der Waals surface area contributed by atoms with Crippen LogP contribution < -0.4 is 0 Å². The molecule has 0 heterocycles. The zero-order valence-corrected chi connectivity index (χ0v) is 14.0. The van der Waals surface area contributed by atoms with Crippen LogP contribution in [0.2, 0.25) is 0 Å². The Balaban J connectivity index is 2.04. The van der Waals surface area contributed by atoms with Crippen molar-refractivity contribution in [3.05, 3.63) is 107 Å². The highest BCUT2D eigenvalue weighted by Crippen LogP contribution is 2.31. The molecule has 0 bridgehead atoms. The predicted molar refractivity (Wildman–Crippen MR) is 95.7 cm³/mol. The smallest absolute Gasteiger partial charge is 0.303 e. The lowest BCUT2D eigenvalue weighted by Gasteiger charge is -2.21. The Hall–Kier alpha value is -2.94. The number of halogens is 1. The van der Waals surface area contributed by atoms with Crippen LogP contribution >= 0.6 is 0 Å². The van der Waals surface area contributed by atoms with E-state index in [1.165, 1.54) is 13.0 Å². The maximum absolute atomic E-state index is 14.3. The first kappa shape index (κ1) is 16.9. The minimum Gasteiger partial charge on any atom is -0.453 e. The fourth-order valence-electron chi connectivity index (χ4n) is 2.91. The topological polar surface area (TPSA) is 26.3 Å². The van der Waals surface area contributed by atoms with Gasteiger partial charge in [0.05, 0.1) is 0 Å². The molecule has 3 aromatic carbocycles. The molecule has 3 aromatic rings. The second kappa shape index (κ2) is 7.75. The first-order valence-corrected chi connectivity index (χ1v) is 8.18. The number of ether oxygens (including phenoxy) is 1. The number of rotatable bonds is 5. The van der Waals surface area contributed by atoms with Crippen LogP contribution in [0.15, 0.2) is 78.9 Å². The molecule has 0 saturated heterocycles. The minimum absolute atomic E-state index is 0.359. The molecule has 1 atom stereocenters. The SMILES string of the molecule is CC(=O)OC(c1ccccc1F)c1ccccc1Cc1ccccc1. The van der Waals surface area contributed by atoms with Crippen LogP contribution in [-0.2, 0) is 16.0 Å². The molecule has 25 heavy (non-hydrogen) atoms. The van der Waals surface area contributed by atoms with E-state index in [1.54, 1.807) is 18.2 Å². The molecule has 0 radical (unpaired) electrons. The Morgan fingerprint density at radius 1 is 0.880 bits per heavy atom. The molecular weight excluding hydrogens is 315 g/mol. The summed E-state index contributed by atoms with van der Waals surface area (Å²) in [6.07, 6.45) is -0.0814. The van der Waals surface area contributed by atoms with Gasteiger partial charge < -0.3 is 4.74 Å². The van der Waals surface area contributed by atoms with Gasteiger partial charge in [-0.3, -0.25) is 4.79 Å². The van der Waals surface area contributed by atoms with Crippen LogP contribution in [0, 0.1) is 5.82 Å². The fraction of sp³-hybridized carbons (Fsp3) is 0.136. The van der Waals surface area contributed by atoms with Crippen molar-refractivity contribution in [3.8, 4) is 0 Å². The van der Waals surface area contributed by atoms with Crippen molar-refractivity contribution in [1.82, 2.24) is 0 Å². The van der Waals surface area contributed by atoms with E-state index in [1.807, 2.05) is 54.6 Å². The van der Waals surface area contributed by atoms with Gasteiger partial charge in [0.15, 0.2) is 6.10 Å². The first-order valence-electron chi connectivity index (χ1n) is 8.18. The quantitative estimate of drug-likeness (QED) is 0.609. The second-order valence-corrected chi connectivity index (χ2v) is 5.87. The van der Waals surface area contributed by atoms with Gasteiger partial charge >= 0.3 is 5.97 Å². The van der Waals surface area contributed by atoms with Crippen molar-refractivity contribution in [2.75, 3.05) is 0 Å². The monoisotopic (exact) mass is 334 g/mol. The van der Waals surface area contributed by atoms with Crippen LogP contribution in [0.5, 0.6) is 0 Å². The molecule has 0 aliphatic heterocycles. The number of benzene rings is 3. The van der Waals surface area contributed by atoms with Crippen molar-refractivity contribution in [2.24, 2.45) is 0 Å². The third-order valence-corrected chi connectivity index (χ3v) is 4.05. The molecule has 0 spiro atoms. The third-order valence-electron chi connectivity index (χ3n) is 4.05. The average molecular weight is 334 g/mol. The molecule has 126 valence electrons. The zero-order valence-electron chi connectivity index (χ0n) is 14.0. The van der Waals surface area contributed by atoms with E-state index in [9.17, 15) is 9.18 Å². The largest absolute Gasteiger partial charge is 0.453 e. The Morgan fingerprint density at radius 3 is 2.16 bits per heavy atom. The van der Waals surface area contributed by atoms with Crippen LogP contribution in [0.1, 0.15) is 35.3 Å². The average Bonchev–Trinajstić information content (AvgIpc) is 2.62. The number of esters is 1. The van der Waals surface area contributed by atoms with Gasteiger partial charge in [0, 0.05) is 18.1 Å². The molecule has 0 aromatic heterocycles. The molecule has 0 fully saturated rings. The van der Waals surface area contributed by atoms with Gasteiger partial charge in [-0.2, -0.15) is 0 Å². The van der Waals surface area contributed by atoms with E-state index in [4.69, 9.17) is 4.74 Å². The third kappa shape index (κ3) is 4.13. The summed E-state index contributed by atoms with van der Waals surface area (Å²) < 4.78 is 19.8. The van der Waals surface area contributed by atoms with Crippen LogP contribution in [-0.4, -0.2) is 5.97 Å².